The fourth-order valence-electron chi connectivity index (χ4n) is 2.60. The molecule has 0 aliphatic heterocycles. The average molecular weight is 264 g/mol. The van der Waals surface area contributed by atoms with Crippen LogP contribution in [0.1, 0.15) is 38.9 Å². The van der Waals surface area contributed by atoms with Crippen molar-refractivity contribution in [1.29, 1.82) is 0 Å². The third-order valence-corrected chi connectivity index (χ3v) is 3.49. The topological polar surface area (TPSA) is 26.7 Å². The van der Waals surface area contributed by atoms with Crippen LogP contribution in [0.5, 0.6) is 0 Å². The van der Waals surface area contributed by atoms with Gasteiger partial charge in [-0.3, -0.25) is 0 Å². The SMILES string of the molecule is CC[C@@H](O)c1ccccc1N(CC)C(C)CN(C)C. The molecule has 0 bridgehead atoms. The highest BCUT2D eigenvalue weighted by atomic mass is 16.3. The maximum atomic E-state index is 10.2. The fraction of sp³-hybridized carbons (Fsp3) is 0.625. The van der Waals surface area contributed by atoms with E-state index in [-0.39, 0.29) is 6.10 Å². The zero-order valence-electron chi connectivity index (χ0n) is 12.9. The Morgan fingerprint density at radius 1 is 1.16 bits per heavy atom. The van der Waals surface area contributed by atoms with E-state index in [0.29, 0.717) is 6.04 Å². The summed E-state index contributed by atoms with van der Waals surface area (Å²) in [6, 6.07) is 8.62. The number of anilines is 1. The average Bonchev–Trinajstić information content (AvgIpc) is 2.38. The lowest BCUT2D eigenvalue weighted by Gasteiger charge is -2.34. The lowest BCUT2D eigenvalue weighted by Crippen LogP contribution is -2.40. The van der Waals surface area contributed by atoms with E-state index in [1.807, 2.05) is 25.1 Å². The summed E-state index contributed by atoms with van der Waals surface area (Å²) < 4.78 is 0. The van der Waals surface area contributed by atoms with E-state index in [9.17, 15) is 5.11 Å². The van der Waals surface area contributed by atoms with Gasteiger partial charge in [-0.1, -0.05) is 25.1 Å². The molecule has 1 aromatic rings. The summed E-state index contributed by atoms with van der Waals surface area (Å²) in [7, 11) is 4.19. The maximum absolute atomic E-state index is 10.2. The van der Waals surface area contributed by atoms with Gasteiger partial charge < -0.3 is 14.9 Å². The molecule has 3 heteroatoms. The number of hydrogen-bond acceptors (Lipinski definition) is 3. The second kappa shape index (κ2) is 7.51. The van der Waals surface area contributed by atoms with Crippen LogP contribution in [0.25, 0.3) is 0 Å². The van der Waals surface area contributed by atoms with Gasteiger partial charge in [-0.15, -0.1) is 0 Å². The summed E-state index contributed by atoms with van der Waals surface area (Å²) in [6.07, 6.45) is 0.369. The van der Waals surface area contributed by atoms with Gasteiger partial charge in [0.1, 0.15) is 0 Å². The first-order valence-electron chi connectivity index (χ1n) is 7.19. The van der Waals surface area contributed by atoms with Gasteiger partial charge in [0.05, 0.1) is 6.10 Å². The van der Waals surface area contributed by atoms with Crippen LogP contribution in [-0.2, 0) is 0 Å². The van der Waals surface area contributed by atoms with Crippen LogP contribution < -0.4 is 4.90 Å². The molecule has 19 heavy (non-hydrogen) atoms. The molecule has 0 amide bonds. The Kier molecular flexibility index (Phi) is 6.32. The quantitative estimate of drug-likeness (QED) is 0.820. The molecule has 1 N–H and O–H groups in total. The highest BCUT2D eigenvalue weighted by Gasteiger charge is 2.19. The molecule has 0 aromatic heterocycles. The number of aliphatic hydroxyl groups is 1. The zero-order chi connectivity index (χ0) is 14.4. The smallest absolute Gasteiger partial charge is 0.0807 e. The molecule has 0 saturated carbocycles. The zero-order valence-corrected chi connectivity index (χ0v) is 12.9. The van der Waals surface area contributed by atoms with Gasteiger partial charge >= 0.3 is 0 Å². The molecule has 1 unspecified atom stereocenters. The normalized spacial score (nSPS) is 14.5. The lowest BCUT2D eigenvalue weighted by atomic mass is 10.0. The molecule has 0 radical (unpaired) electrons. The molecule has 1 aromatic carbocycles. The predicted octanol–water partition coefficient (Wildman–Crippen LogP) is 2.91. The van der Waals surface area contributed by atoms with E-state index in [4.69, 9.17) is 0 Å². The highest BCUT2D eigenvalue weighted by Crippen LogP contribution is 2.29. The van der Waals surface area contributed by atoms with Crippen LogP contribution in [0.2, 0.25) is 0 Å². The molecule has 1 rings (SSSR count). The summed E-state index contributed by atoms with van der Waals surface area (Å²) in [4.78, 5) is 4.57. The molecule has 0 saturated heterocycles. The number of benzene rings is 1. The van der Waals surface area contributed by atoms with Gasteiger partial charge in [-0.2, -0.15) is 0 Å². The summed E-state index contributed by atoms with van der Waals surface area (Å²) in [5, 5.41) is 10.2. The number of para-hydroxylation sites is 1. The van der Waals surface area contributed by atoms with Gasteiger partial charge in [-0.25, -0.2) is 0 Å². The summed E-state index contributed by atoms with van der Waals surface area (Å²) >= 11 is 0. The van der Waals surface area contributed by atoms with E-state index in [0.717, 1.165) is 30.8 Å². The maximum Gasteiger partial charge on any atom is 0.0807 e. The number of hydrogen-bond donors (Lipinski definition) is 1. The Hall–Kier alpha value is -1.06. The van der Waals surface area contributed by atoms with Crippen molar-refractivity contribution in [2.45, 2.75) is 39.3 Å². The van der Waals surface area contributed by atoms with E-state index >= 15 is 0 Å². The Morgan fingerprint density at radius 2 is 1.79 bits per heavy atom. The second-order valence-electron chi connectivity index (χ2n) is 5.38. The number of likely N-dealkylation sites (N-methyl/N-ethyl adjacent to an activating group) is 2. The first-order chi connectivity index (χ1) is 9.01. The molecule has 0 spiro atoms. The molecule has 108 valence electrons. The minimum Gasteiger partial charge on any atom is -0.388 e. The summed E-state index contributed by atoms with van der Waals surface area (Å²) in [6.45, 7) is 8.37. The van der Waals surface area contributed by atoms with Gasteiger partial charge in [0.25, 0.3) is 0 Å². The van der Waals surface area contributed by atoms with Crippen molar-refractivity contribution in [2.75, 3.05) is 32.1 Å². The molecule has 2 atom stereocenters. The Labute approximate surface area is 117 Å². The van der Waals surface area contributed by atoms with E-state index in [1.165, 1.54) is 0 Å². The minimum absolute atomic E-state index is 0.378. The van der Waals surface area contributed by atoms with Crippen LogP contribution in [0, 0.1) is 0 Å². The highest BCUT2D eigenvalue weighted by molar-refractivity contribution is 5.55. The monoisotopic (exact) mass is 264 g/mol. The van der Waals surface area contributed by atoms with E-state index < -0.39 is 0 Å². The van der Waals surface area contributed by atoms with Crippen LogP contribution in [-0.4, -0.2) is 43.2 Å². The van der Waals surface area contributed by atoms with Crippen molar-refractivity contribution in [3.8, 4) is 0 Å². The molecule has 0 aliphatic carbocycles. The van der Waals surface area contributed by atoms with E-state index in [1.54, 1.807) is 0 Å². The molecular weight excluding hydrogens is 236 g/mol. The molecule has 0 fully saturated rings. The van der Waals surface area contributed by atoms with Crippen molar-refractivity contribution in [3.05, 3.63) is 29.8 Å². The first-order valence-corrected chi connectivity index (χ1v) is 7.19. The van der Waals surface area contributed by atoms with Crippen molar-refractivity contribution in [1.82, 2.24) is 4.90 Å². The van der Waals surface area contributed by atoms with Crippen molar-refractivity contribution in [3.63, 3.8) is 0 Å². The minimum atomic E-state index is -0.378. The first kappa shape index (κ1) is 16.0. The van der Waals surface area contributed by atoms with Gasteiger partial charge in [0.15, 0.2) is 0 Å². The standard InChI is InChI=1S/C16H28N2O/c1-6-16(19)14-10-8-9-11-15(14)18(7-2)13(3)12-17(4)5/h8-11,13,16,19H,6-7,12H2,1-5H3/t13?,16-/m1/s1. The van der Waals surface area contributed by atoms with Crippen molar-refractivity contribution >= 4 is 5.69 Å². The summed E-state index contributed by atoms with van der Waals surface area (Å²) in [5.74, 6) is 0. The second-order valence-corrected chi connectivity index (χ2v) is 5.38. The largest absolute Gasteiger partial charge is 0.388 e. The number of rotatable bonds is 7. The number of nitrogens with zero attached hydrogens (tertiary/aromatic N) is 2. The molecular formula is C16H28N2O. The van der Waals surface area contributed by atoms with Gasteiger partial charge in [0.2, 0.25) is 0 Å². The Bertz CT molecular complexity index is 379. The van der Waals surface area contributed by atoms with Gasteiger partial charge in [0, 0.05) is 30.4 Å². The molecule has 3 nitrogen and oxygen atoms in total. The fourth-order valence-corrected chi connectivity index (χ4v) is 2.60. The Morgan fingerprint density at radius 3 is 2.32 bits per heavy atom. The predicted molar refractivity (Wildman–Crippen MR) is 82.7 cm³/mol. The third-order valence-electron chi connectivity index (χ3n) is 3.49. The Balaban J connectivity index is 3.04. The van der Waals surface area contributed by atoms with Crippen molar-refractivity contribution in [2.24, 2.45) is 0 Å². The lowest BCUT2D eigenvalue weighted by molar-refractivity contribution is 0.174. The third kappa shape index (κ3) is 4.22. The molecule has 0 heterocycles. The van der Waals surface area contributed by atoms with Crippen LogP contribution in [0.4, 0.5) is 5.69 Å². The van der Waals surface area contributed by atoms with Crippen LogP contribution in [0.15, 0.2) is 24.3 Å². The van der Waals surface area contributed by atoms with Crippen LogP contribution >= 0.6 is 0 Å². The number of aliphatic hydroxyl groups excluding tert-OH is 1. The van der Waals surface area contributed by atoms with E-state index in [2.05, 4.69) is 43.8 Å². The van der Waals surface area contributed by atoms with Crippen LogP contribution in [0.3, 0.4) is 0 Å². The molecule has 0 aliphatic rings. The van der Waals surface area contributed by atoms with Gasteiger partial charge in [-0.05, 0) is 40.4 Å². The van der Waals surface area contributed by atoms with Crippen molar-refractivity contribution < 1.29 is 5.11 Å². The summed E-state index contributed by atoms with van der Waals surface area (Å²) in [5.41, 5.74) is 2.20.